The first kappa shape index (κ1) is 14.0. The summed E-state index contributed by atoms with van der Waals surface area (Å²) < 4.78 is 0. The van der Waals surface area contributed by atoms with E-state index in [1.807, 2.05) is 17.5 Å². The van der Waals surface area contributed by atoms with Gasteiger partial charge in [-0.05, 0) is 35.2 Å². The molecule has 0 atom stereocenters. The molecule has 102 valence electrons. The quantitative estimate of drug-likeness (QED) is 0.831. The minimum atomic E-state index is -0.997. The fourth-order valence-corrected chi connectivity index (χ4v) is 2.24. The van der Waals surface area contributed by atoms with E-state index >= 15 is 0 Å². The van der Waals surface area contributed by atoms with E-state index in [1.54, 1.807) is 35.6 Å². The summed E-state index contributed by atoms with van der Waals surface area (Å²) in [5, 5.41) is 13.3. The molecule has 20 heavy (non-hydrogen) atoms. The summed E-state index contributed by atoms with van der Waals surface area (Å²) in [5.41, 5.74) is 1.29. The molecule has 0 radical (unpaired) electrons. The Morgan fingerprint density at radius 1 is 1.20 bits per heavy atom. The summed E-state index contributed by atoms with van der Waals surface area (Å²) in [6, 6.07) is 10.7. The number of rotatable bonds is 5. The second-order valence-corrected chi connectivity index (χ2v) is 5.09. The van der Waals surface area contributed by atoms with Crippen LogP contribution in [0.15, 0.2) is 47.9 Å². The number of carboxylic acid groups (broad SMARTS) is 1. The molecule has 1 aromatic carbocycles. The molecule has 2 aromatic rings. The molecule has 0 aliphatic carbocycles. The number of carboxylic acids is 1. The summed E-state index contributed by atoms with van der Waals surface area (Å²) in [6.45, 7) is 0.511. The largest absolute Gasteiger partial charge is 0.478 e. The fourth-order valence-electron chi connectivity index (χ4n) is 1.60. The van der Waals surface area contributed by atoms with E-state index < -0.39 is 5.97 Å². The van der Waals surface area contributed by atoms with Gasteiger partial charge in [0, 0.05) is 16.5 Å². The minimum absolute atomic E-state index is 0.146. The lowest BCUT2D eigenvalue weighted by Crippen LogP contribution is -2.22. The van der Waals surface area contributed by atoms with Crippen LogP contribution in [0.2, 0.25) is 0 Å². The normalized spacial score (nSPS) is 10.6. The Kier molecular flexibility index (Phi) is 4.68. The first-order valence-electron chi connectivity index (χ1n) is 5.97. The zero-order chi connectivity index (χ0) is 14.4. The van der Waals surface area contributed by atoms with Crippen LogP contribution in [0.25, 0.3) is 6.08 Å². The number of nitrogens with one attached hydrogen (secondary N) is 1. The highest BCUT2D eigenvalue weighted by atomic mass is 32.1. The third kappa shape index (κ3) is 4.07. The monoisotopic (exact) mass is 287 g/mol. The molecule has 0 fully saturated rings. The smallest absolute Gasteiger partial charge is 0.328 e. The Hall–Kier alpha value is -2.40. The Bertz CT molecular complexity index is 615. The maximum absolute atomic E-state index is 11.9. The predicted molar refractivity (Wildman–Crippen MR) is 78.6 cm³/mol. The number of thiophene rings is 1. The van der Waals surface area contributed by atoms with E-state index in [4.69, 9.17) is 5.11 Å². The van der Waals surface area contributed by atoms with Crippen LogP contribution in [0.1, 0.15) is 20.8 Å². The standard InChI is InChI=1S/C15H13NO3S/c17-14(18)8-5-11-3-6-12(7-4-11)15(19)16-10-13-2-1-9-20-13/h1-9H,10H2,(H,16,19)(H,17,18). The Labute approximate surface area is 120 Å². The fraction of sp³-hybridized carbons (Fsp3) is 0.0667. The van der Waals surface area contributed by atoms with Crippen LogP contribution in [0.5, 0.6) is 0 Å². The summed E-state index contributed by atoms with van der Waals surface area (Å²) in [4.78, 5) is 23.4. The van der Waals surface area contributed by atoms with E-state index in [0.29, 0.717) is 12.1 Å². The molecule has 1 aromatic heterocycles. The molecule has 0 saturated carbocycles. The van der Waals surface area contributed by atoms with Gasteiger partial charge in [0.1, 0.15) is 0 Å². The van der Waals surface area contributed by atoms with Crippen LogP contribution in [0, 0.1) is 0 Å². The molecule has 4 nitrogen and oxygen atoms in total. The van der Waals surface area contributed by atoms with Crippen molar-refractivity contribution < 1.29 is 14.7 Å². The van der Waals surface area contributed by atoms with Gasteiger partial charge in [0.15, 0.2) is 0 Å². The van der Waals surface area contributed by atoms with E-state index in [1.165, 1.54) is 6.08 Å². The summed E-state index contributed by atoms with van der Waals surface area (Å²) in [7, 11) is 0. The highest BCUT2D eigenvalue weighted by Crippen LogP contribution is 2.09. The molecule has 2 N–H and O–H groups in total. The number of benzene rings is 1. The van der Waals surface area contributed by atoms with Crippen molar-refractivity contribution in [1.29, 1.82) is 0 Å². The van der Waals surface area contributed by atoms with Crippen LogP contribution in [-0.4, -0.2) is 17.0 Å². The molecule has 0 bridgehead atoms. The summed E-state index contributed by atoms with van der Waals surface area (Å²) in [6.07, 6.45) is 2.54. The first-order chi connectivity index (χ1) is 9.65. The number of hydrogen-bond acceptors (Lipinski definition) is 3. The Morgan fingerprint density at radius 3 is 2.55 bits per heavy atom. The lowest BCUT2D eigenvalue weighted by Gasteiger charge is -2.04. The van der Waals surface area contributed by atoms with Crippen molar-refractivity contribution in [2.75, 3.05) is 0 Å². The maximum Gasteiger partial charge on any atom is 0.328 e. The van der Waals surface area contributed by atoms with E-state index in [2.05, 4.69) is 5.32 Å². The van der Waals surface area contributed by atoms with Gasteiger partial charge in [-0.1, -0.05) is 18.2 Å². The van der Waals surface area contributed by atoms with Gasteiger partial charge < -0.3 is 10.4 Å². The van der Waals surface area contributed by atoms with Crippen LogP contribution in [0.4, 0.5) is 0 Å². The summed E-state index contributed by atoms with van der Waals surface area (Å²) in [5.74, 6) is -1.14. The number of aliphatic carboxylic acids is 1. The lowest BCUT2D eigenvalue weighted by atomic mass is 10.1. The van der Waals surface area contributed by atoms with Crippen LogP contribution in [-0.2, 0) is 11.3 Å². The Morgan fingerprint density at radius 2 is 1.95 bits per heavy atom. The van der Waals surface area contributed by atoms with Crippen LogP contribution < -0.4 is 5.32 Å². The second-order valence-electron chi connectivity index (χ2n) is 4.06. The minimum Gasteiger partial charge on any atom is -0.478 e. The number of carbonyl (C=O) groups excluding carboxylic acids is 1. The van der Waals surface area contributed by atoms with Gasteiger partial charge >= 0.3 is 5.97 Å². The van der Waals surface area contributed by atoms with E-state index in [-0.39, 0.29) is 5.91 Å². The highest BCUT2D eigenvalue weighted by Gasteiger charge is 2.05. The van der Waals surface area contributed by atoms with Gasteiger partial charge in [0.25, 0.3) is 5.91 Å². The maximum atomic E-state index is 11.9. The number of amides is 1. The molecule has 0 saturated heterocycles. The number of hydrogen-bond donors (Lipinski definition) is 2. The molecule has 0 aliphatic rings. The molecule has 1 heterocycles. The van der Waals surface area contributed by atoms with Crippen LogP contribution >= 0.6 is 11.3 Å². The third-order valence-corrected chi connectivity index (χ3v) is 3.47. The lowest BCUT2D eigenvalue weighted by molar-refractivity contribution is -0.131. The van der Waals surface area contributed by atoms with Crippen molar-refractivity contribution in [3.63, 3.8) is 0 Å². The van der Waals surface area contributed by atoms with Crippen LogP contribution in [0.3, 0.4) is 0 Å². The van der Waals surface area contributed by atoms with Crippen molar-refractivity contribution in [2.24, 2.45) is 0 Å². The zero-order valence-corrected chi connectivity index (χ0v) is 11.4. The average Bonchev–Trinajstić information content (AvgIpc) is 2.96. The molecular weight excluding hydrogens is 274 g/mol. The molecule has 5 heteroatoms. The Balaban J connectivity index is 1.95. The third-order valence-electron chi connectivity index (χ3n) is 2.59. The average molecular weight is 287 g/mol. The van der Waals surface area contributed by atoms with Crippen molar-refractivity contribution in [2.45, 2.75) is 6.54 Å². The molecule has 0 unspecified atom stereocenters. The molecule has 2 rings (SSSR count). The highest BCUT2D eigenvalue weighted by molar-refractivity contribution is 7.09. The first-order valence-corrected chi connectivity index (χ1v) is 6.85. The van der Waals surface area contributed by atoms with Gasteiger partial charge in [-0.15, -0.1) is 11.3 Å². The van der Waals surface area contributed by atoms with Gasteiger partial charge in [-0.3, -0.25) is 4.79 Å². The predicted octanol–water partition coefficient (Wildman–Crippen LogP) is 2.78. The van der Waals surface area contributed by atoms with Crippen molar-refractivity contribution in [1.82, 2.24) is 5.32 Å². The topological polar surface area (TPSA) is 66.4 Å². The van der Waals surface area contributed by atoms with E-state index in [0.717, 1.165) is 16.5 Å². The SMILES string of the molecule is O=C(O)C=Cc1ccc(C(=O)NCc2cccs2)cc1. The zero-order valence-electron chi connectivity index (χ0n) is 10.6. The van der Waals surface area contributed by atoms with Gasteiger partial charge in [-0.25, -0.2) is 4.79 Å². The van der Waals surface area contributed by atoms with Gasteiger partial charge in [0.05, 0.1) is 6.54 Å². The number of carbonyl (C=O) groups is 2. The van der Waals surface area contributed by atoms with Gasteiger partial charge in [-0.2, -0.15) is 0 Å². The molecule has 0 spiro atoms. The molecule has 1 amide bonds. The second kappa shape index (κ2) is 6.68. The van der Waals surface area contributed by atoms with Gasteiger partial charge in [0.2, 0.25) is 0 Å². The van der Waals surface area contributed by atoms with Crippen molar-refractivity contribution >= 4 is 29.3 Å². The van der Waals surface area contributed by atoms with Crippen molar-refractivity contribution in [3.05, 3.63) is 63.9 Å². The van der Waals surface area contributed by atoms with Crippen molar-refractivity contribution in [3.8, 4) is 0 Å². The molecule has 0 aliphatic heterocycles. The van der Waals surface area contributed by atoms with E-state index in [9.17, 15) is 9.59 Å². The molecular formula is C15H13NO3S. The summed E-state index contributed by atoms with van der Waals surface area (Å²) >= 11 is 1.59.